The molecule has 8 heteroatoms. The third kappa shape index (κ3) is 3.01. The minimum Gasteiger partial charge on any atom is -0.450 e. The molecule has 114 valence electrons. The van der Waals surface area contributed by atoms with Gasteiger partial charge in [-0.3, -0.25) is 4.98 Å². The van der Waals surface area contributed by atoms with Crippen molar-refractivity contribution >= 4 is 28.5 Å². The van der Waals surface area contributed by atoms with Crippen molar-refractivity contribution in [1.29, 1.82) is 0 Å². The number of aromatic nitrogens is 2. The van der Waals surface area contributed by atoms with Crippen molar-refractivity contribution in [2.75, 3.05) is 6.61 Å². The molecule has 0 fully saturated rings. The van der Waals surface area contributed by atoms with Gasteiger partial charge in [-0.05, 0) is 19.1 Å². The Morgan fingerprint density at radius 1 is 1.50 bits per heavy atom. The summed E-state index contributed by atoms with van der Waals surface area (Å²) in [6, 6.07) is 5.38. The molecule has 3 rings (SSSR count). The zero-order valence-corrected chi connectivity index (χ0v) is 12.5. The molecule has 2 N–H and O–H groups in total. The number of rotatable bonds is 4. The molecule has 3 aromatic rings. The maximum Gasteiger partial charge on any atom is 0.417 e. The summed E-state index contributed by atoms with van der Waals surface area (Å²) in [5.74, 6) is -0.482. The Bertz CT molecular complexity index is 864. The van der Waals surface area contributed by atoms with Crippen molar-refractivity contribution in [3.63, 3.8) is 0 Å². The van der Waals surface area contributed by atoms with E-state index < -0.39 is 11.8 Å². The Labute approximate surface area is 128 Å². The van der Waals surface area contributed by atoms with Gasteiger partial charge in [0.05, 0.1) is 24.4 Å². The lowest BCUT2D eigenvalue weighted by molar-refractivity contribution is 0.151. The quantitative estimate of drug-likeness (QED) is 0.770. The molecule has 0 aliphatic carbocycles. The standard InChI is InChI=1S/C14H13N3O4S/c1-2-20-13(18)15-6-12-16-10(7-22-12)8-3-4-9-11(5-8)21-14(19)17-9/h3-5,7H,2,6H2,1H3,(H,15,18)(H,17,19). The summed E-state index contributed by atoms with van der Waals surface area (Å²) in [6.45, 7) is 2.39. The van der Waals surface area contributed by atoms with E-state index >= 15 is 0 Å². The van der Waals surface area contributed by atoms with E-state index in [-0.39, 0.29) is 0 Å². The van der Waals surface area contributed by atoms with E-state index in [0.29, 0.717) is 24.3 Å². The fourth-order valence-corrected chi connectivity index (χ4v) is 2.70. The molecule has 0 aliphatic rings. The number of hydrogen-bond acceptors (Lipinski definition) is 6. The molecule has 2 aromatic heterocycles. The van der Waals surface area contributed by atoms with Crippen LogP contribution in [0.25, 0.3) is 22.4 Å². The molecule has 0 radical (unpaired) electrons. The van der Waals surface area contributed by atoms with Crippen LogP contribution in [0.5, 0.6) is 0 Å². The van der Waals surface area contributed by atoms with Crippen LogP contribution >= 0.6 is 11.3 Å². The van der Waals surface area contributed by atoms with Gasteiger partial charge in [0.1, 0.15) is 5.01 Å². The van der Waals surface area contributed by atoms with Crippen LogP contribution in [0.1, 0.15) is 11.9 Å². The van der Waals surface area contributed by atoms with Crippen molar-refractivity contribution in [2.45, 2.75) is 13.5 Å². The number of carbonyl (C=O) groups is 1. The average Bonchev–Trinajstić information content (AvgIpc) is 3.09. The summed E-state index contributed by atoms with van der Waals surface area (Å²) in [5.41, 5.74) is 2.74. The van der Waals surface area contributed by atoms with E-state index in [2.05, 4.69) is 15.3 Å². The summed E-state index contributed by atoms with van der Waals surface area (Å²) in [7, 11) is 0. The molecule has 0 saturated heterocycles. The van der Waals surface area contributed by atoms with Gasteiger partial charge in [-0.1, -0.05) is 6.07 Å². The average molecular weight is 319 g/mol. The van der Waals surface area contributed by atoms with Gasteiger partial charge in [-0.2, -0.15) is 0 Å². The summed E-state index contributed by atoms with van der Waals surface area (Å²) < 4.78 is 9.82. The zero-order valence-electron chi connectivity index (χ0n) is 11.7. The second-order valence-corrected chi connectivity index (χ2v) is 5.37. The molecule has 1 amide bonds. The molecule has 0 unspecified atom stereocenters. The van der Waals surface area contributed by atoms with E-state index in [9.17, 15) is 9.59 Å². The Kier molecular flexibility index (Phi) is 3.92. The monoisotopic (exact) mass is 319 g/mol. The highest BCUT2D eigenvalue weighted by Gasteiger charge is 2.09. The van der Waals surface area contributed by atoms with E-state index in [1.165, 1.54) is 11.3 Å². The van der Waals surface area contributed by atoms with Gasteiger partial charge in [0.25, 0.3) is 0 Å². The van der Waals surface area contributed by atoms with E-state index in [1.807, 2.05) is 11.4 Å². The van der Waals surface area contributed by atoms with Crippen molar-refractivity contribution < 1.29 is 13.9 Å². The second kappa shape index (κ2) is 6.02. The number of benzene rings is 1. The number of amides is 1. The summed E-state index contributed by atoms with van der Waals surface area (Å²) in [6.07, 6.45) is -0.463. The van der Waals surface area contributed by atoms with Crippen LogP contribution in [-0.4, -0.2) is 22.7 Å². The lowest BCUT2D eigenvalue weighted by Gasteiger charge is -2.02. The molecule has 0 saturated carbocycles. The van der Waals surface area contributed by atoms with Crippen LogP contribution in [-0.2, 0) is 11.3 Å². The first-order valence-corrected chi connectivity index (χ1v) is 7.52. The highest BCUT2D eigenvalue weighted by atomic mass is 32.1. The number of H-pyrrole nitrogens is 1. The maximum atomic E-state index is 11.2. The molecule has 2 heterocycles. The Balaban J connectivity index is 1.76. The third-order valence-corrected chi connectivity index (χ3v) is 3.78. The second-order valence-electron chi connectivity index (χ2n) is 4.43. The van der Waals surface area contributed by atoms with E-state index in [4.69, 9.17) is 9.15 Å². The largest absolute Gasteiger partial charge is 0.450 e. The fourth-order valence-electron chi connectivity index (χ4n) is 1.96. The molecular weight excluding hydrogens is 306 g/mol. The number of fused-ring (bicyclic) bond motifs is 1. The van der Waals surface area contributed by atoms with Gasteiger partial charge in [0, 0.05) is 10.9 Å². The third-order valence-electron chi connectivity index (χ3n) is 2.93. The maximum absolute atomic E-state index is 11.2. The van der Waals surface area contributed by atoms with Crippen molar-refractivity contribution in [1.82, 2.24) is 15.3 Å². The molecular formula is C14H13N3O4S. The summed E-state index contributed by atoms with van der Waals surface area (Å²) in [4.78, 5) is 29.4. The minimum atomic E-state index is -0.482. The number of aromatic amines is 1. The first kappa shape index (κ1) is 14.3. The number of hydrogen-bond donors (Lipinski definition) is 2. The highest BCUT2D eigenvalue weighted by Crippen LogP contribution is 2.24. The Morgan fingerprint density at radius 3 is 3.18 bits per heavy atom. The van der Waals surface area contributed by atoms with Crippen LogP contribution in [0, 0.1) is 0 Å². The molecule has 0 atom stereocenters. The first-order valence-electron chi connectivity index (χ1n) is 6.64. The predicted octanol–water partition coefficient (Wildman–Crippen LogP) is 2.49. The molecule has 0 bridgehead atoms. The Hall–Kier alpha value is -2.61. The zero-order chi connectivity index (χ0) is 15.5. The molecule has 7 nitrogen and oxygen atoms in total. The SMILES string of the molecule is CCOC(=O)NCc1nc(-c2ccc3[nH]c(=O)oc3c2)cs1. The molecule has 1 aromatic carbocycles. The van der Waals surface area contributed by atoms with E-state index in [1.54, 1.807) is 19.1 Å². The van der Waals surface area contributed by atoms with Gasteiger partial charge in [0.2, 0.25) is 0 Å². The number of alkyl carbamates (subject to hydrolysis) is 1. The van der Waals surface area contributed by atoms with Crippen molar-refractivity contribution in [2.24, 2.45) is 0 Å². The molecule has 0 spiro atoms. The number of nitrogens with zero attached hydrogens (tertiary/aromatic N) is 1. The van der Waals surface area contributed by atoms with Crippen molar-refractivity contribution in [3.05, 3.63) is 39.1 Å². The number of ether oxygens (including phenoxy) is 1. The lowest BCUT2D eigenvalue weighted by Crippen LogP contribution is -2.23. The number of nitrogens with one attached hydrogen (secondary N) is 2. The van der Waals surface area contributed by atoms with Gasteiger partial charge >= 0.3 is 11.8 Å². The predicted molar refractivity (Wildman–Crippen MR) is 81.8 cm³/mol. The van der Waals surface area contributed by atoms with Crippen LogP contribution in [0.4, 0.5) is 4.79 Å². The fraction of sp³-hybridized carbons (Fsp3) is 0.214. The lowest BCUT2D eigenvalue weighted by atomic mass is 10.1. The number of oxazole rings is 1. The van der Waals surface area contributed by atoms with Crippen LogP contribution in [0.2, 0.25) is 0 Å². The van der Waals surface area contributed by atoms with Crippen LogP contribution < -0.4 is 11.1 Å². The van der Waals surface area contributed by atoms with Gasteiger partial charge in [-0.25, -0.2) is 14.6 Å². The van der Waals surface area contributed by atoms with E-state index in [0.717, 1.165) is 16.3 Å². The number of carbonyl (C=O) groups excluding carboxylic acids is 1. The van der Waals surface area contributed by atoms with Gasteiger partial charge < -0.3 is 14.5 Å². The van der Waals surface area contributed by atoms with Gasteiger partial charge in [-0.15, -0.1) is 11.3 Å². The Morgan fingerprint density at radius 2 is 2.36 bits per heavy atom. The minimum absolute atomic E-state index is 0.310. The normalized spacial score (nSPS) is 10.8. The first-order chi connectivity index (χ1) is 10.7. The smallest absolute Gasteiger partial charge is 0.417 e. The summed E-state index contributed by atoms with van der Waals surface area (Å²) in [5, 5.41) is 5.27. The van der Waals surface area contributed by atoms with Gasteiger partial charge in [0.15, 0.2) is 5.58 Å². The highest BCUT2D eigenvalue weighted by molar-refractivity contribution is 7.09. The number of thiazole rings is 1. The van der Waals surface area contributed by atoms with Crippen LogP contribution in [0.15, 0.2) is 32.8 Å². The molecule has 0 aliphatic heterocycles. The topological polar surface area (TPSA) is 97.2 Å². The molecule has 22 heavy (non-hydrogen) atoms. The summed E-state index contributed by atoms with van der Waals surface area (Å²) >= 11 is 1.43. The van der Waals surface area contributed by atoms with Crippen LogP contribution in [0.3, 0.4) is 0 Å². The van der Waals surface area contributed by atoms with Crippen molar-refractivity contribution in [3.8, 4) is 11.3 Å².